The van der Waals surface area contributed by atoms with E-state index in [1.807, 2.05) is 30.3 Å². The second-order valence-electron chi connectivity index (χ2n) is 4.01. The minimum atomic E-state index is -3.30. The van der Waals surface area contributed by atoms with Gasteiger partial charge in [0, 0.05) is 32.7 Å². The lowest BCUT2D eigenvalue weighted by atomic mass is 10.2. The van der Waals surface area contributed by atoms with Crippen LogP contribution in [0.5, 0.6) is 0 Å². The third-order valence-corrected chi connectivity index (χ3v) is 4.81. The first-order valence-electron chi connectivity index (χ1n) is 5.64. The van der Waals surface area contributed by atoms with Crippen molar-refractivity contribution in [3.05, 3.63) is 35.9 Å². The Balaban J connectivity index is 2.09. The smallest absolute Gasteiger partial charge is 0.282 e. The summed E-state index contributed by atoms with van der Waals surface area (Å²) in [6.45, 7) is 2.26. The van der Waals surface area contributed by atoms with Gasteiger partial charge in [-0.05, 0) is 5.56 Å². The van der Waals surface area contributed by atoms with Crippen molar-refractivity contribution in [1.82, 2.24) is 8.61 Å². The number of hydrogen-bond donors (Lipinski definition) is 1. The number of rotatable bonds is 4. The lowest BCUT2D eigenvalue weighted by Gasteiger charge is -2.17. The molecule has 1 aliphatic heterocycles. The standard InChI is InChI=1S/C11H17N3O2S/c12-6-7-13-8-9-14(17(13,15)16)10-11-4-2-1-3-5-11/h1-5H,6-10,12H2. The van der Waals surface area contributed by atoms with Crippen molar-refractivity contribution in [2.75, 3.05) is 26.2 Å². The van der Waals surface area contributed by atoms with Crippen molar-refractivity contribution >= 4 is 10.2 Å². The Morgan fingerprint density at radius 2 is 1.76 bits per heavy atom. The average Bonchev–Trinajstić information content (AvgIpc) is 2.58. The van der Waals surface area contributed by atoms with E-state index in [-0.39, 0.29) is 0 Å². The molecule has 0 atom stereocenters. The van der Waals surface area contributed by atoms with E-state index >= 15 is 0 Å². The van der Waals surface area contributed by atoms with Crippen LogP contribution in [0.3, 0.4) is 0 Å². The van der Waals surface area contributed by atoms with E-state index in [2.05, 4.69) is 0 Å². The van der Waals surface area contributed by atoms with Gasteiger partial charge in [0.25, 0.3) is 10.2 Å². The normalized spacial score (nSPS) is 20.8. The third-order valence-electron chi connectivity index (χ3n) is 2.83. The molecule has 1 aromatic rings. The maximum absolute atomic E-state index is 12.1. The Bertz CT molecular complexity index is 461. The third kappa shape index (κ3) is 2.66. The second-order valence-corrected chi connectivity index (χ2v) is 5.94. The average molecular weight is 255 g/mol. The van der Waals surface area contributed by atoms with Crippen molar-refractivity contribution in [3.8, 4) is 0 Å². The summed E-state index contributed by atoms with van der Waals surface area (Å²) in [5.41, 5.74) is 6.41. The lowest BCUT2D eigenvalue weighted by Crippen LogP contribution is -2.35. The second kappa shape index (κ2) is 5.14. The Morgan fingerprint density at radius 3 is 2.41 bits per heavy atom. The van der Waals surface area contributed by atoms with Crippen molar-refractivity contribution in [2.24, 2.45) is 5.73 Å². The minimum absolute atomic E-state index is 0.360. The van der Waals surface area contributed by atoms with Gasteiger partial charge in [-0.25, -0.2) is 0 Å². The zero-order chi connectivity index (χ0) is 12.3. The SMILES string of the molecule is NCCN1CCN(Cc2ccccc2)S1(=O)=O. The molecular formula is C11H17N3O2S. The number of nitrogens with two attached hydrogens (primary N) is 1. The van der Waals surface area contributed by atoms with Crippen LogP contribution in [0.25, 0.3) is 0 Å². The van der Waals surface area contributed by atoms with E-state index in [1.165, 1.54) is 8.61 Å². The summed E-state index contributed by atoms with van der Waals surface area (Å²) in [4.78, 5) is 0. The number of hydrogen-bond acceptors (Lipinski definition) is 3. The predicted octanol–water partition coefficient (Wildman–Crippen LogP) is 0.00770. The van der Waals surface area contributed by atoms with Crippen molar-refractivity contribution in [1.29, 1.82) is 0 Å². The van der Waals surface area contributed by atoms with Gasteiger partial charge in [0.2, 0.25) is 0 Å². The summed E-state index contributed by atoms with van der Waals surface area (Å²) in [5, 5.41) is 0. The lowest BCUT2D eigenvalue weighted by molar-refractivity contribution is 0.441. The predicted molar refractivity (Wildman–Crippen MR) is 66.4 cm³/mol. The Labute approximate surface area is 102 Å². The maximum Gasteiger partial charge on any atom is 0.282 e. The molecular weight excluding hydrogens is 238 g/mol. The molecule has 1 saturated heterocycles. The van der Waals surface area contributed by atoms with E-state index in [4.69, 9.17) is 5.73 Å². The molecule has 5 nitrogen and oxygen atoms in total. The van der Waals surface area contributed by atoms with Gasteiger partial charge in [-0.1, -0.05) is 30.3 Å². The number of nitrogens with zero attached hydrogens (tertiary/aromatic N) is 2. The first kappa shape index (κ1) is 12.5. The molecule has 0 saturated carbocycles. The van der Waals surface area contributed by atoms with Crippen LogP contribution in [0.2, 0.25) is 0 Å². The molecule has 0 amide bonds. The highest BCUT2D eigenvalue weighted by molar-refractivity contribution is 7.87. The molecule has 0 aromatic heterocycles. The fourth-order valence-electron chi connectivity index (χ4n) is 1.94. The molecule has 6 heteroatoms. The summed E-state index contributed by atoms with van der Waals surface area (Å²) in [6, 6.07) is 9.61. The summed E-state index contributed by atoms with van der Waals surface area (Å²) in [5.74, 6) is 0. The zero-order valence-electron chi connectivity index (χ0n) is 9.62. The molecule has 1 aromatic carbocycles. The van der Waals surface area contributed by atoms with Gasteiger partial charge in [-0.2, -0.15) is 17.0 Å². The Kier molecular flexibility index (Phi) is 3.78. The molecule has 1 aliphatic rings. The van der Waals surface area contributed by atoms with Crippen LogP contribution < -0.4 is 5.73 Å². The van der Waals surface area contributed by atoms with Gasteiger partial charge in [-0.3, -0.25) is 0 Å². The van der Waals surface area contributed by atoms with E-state index < -0.39 is 10.2 Å². The Hall–Kier alpha value is -0.950. The molecule has 2 rings (SSSR count). The van der Waals surface area contributed by atoms with Gasteiger partial charge in [-0.15, -0.1) is 0 Å². The molecule has 0 unspecified atom stereocenters. The van der Waals surface area contributed by atoms with Crippen LogP contribution in [-0.2, 0) is 16.8 Å². The monoisotopic (exact) mass is 255 g/mol. The van der Waals surface area contributed by atoms with Crippen molar-refractivity contribution < 1.29 is 8.42 Å². The van der Waals surface area contributed by atoms with Crippen LogP contribution >= 0.6 is 0 Å². The topological polar surface area (TPSA) is 66.6 Å². The largest absolute Gasteiger partial charge is 0.329 e. The van der Waals surface area contributed by atoms with Crippen LogP contribution in [-0.4, -0.2) is 43.2 Å². The maximum atomic E-state index is 12.1. The molecule has 2 N–H and O–H groups in total. The molecule has 0 bridgehead atoms. The first-order chi connectivity index (χ1) is 8.14. The van der Waals surface area contributed by atoms with Crippen LogP contribution in [0.1, 0.15) is 5.56 Å². The molecule has 0 radical (unpaired) electrons. The van der Waals surface area contributed by atoms with Gasteiger partial charge in [0.15, 0.2) is 0 Å². The van der Waals surface area contributed by atoms with Gasteiger partial charge < -0.3 is 5.73 Å². The van der Waals surface area contributed by atoms with Crippen LogP contribution in [0.4, 0.5) is 0 Å². The highest BCUT2D eigenvalue weighted by atomic mass is 32.2. The molecule has 94 valence electrons. The summed E-state index contributed by atoms with van der Waals surface area (Å²) in [6.07, 6.45) is 0. The Morgan fingerprint density at radius 1 is 1.12 bits per heavy atom. The summed E-state index contributed by atoms with van der Waals surface area (Å²) in [7, 11) is -3.30. The quantitative estimate of drug-likeness (QED) is 0.824. The number of benzene rings is 1. The van der Waals surface area contributed by atoms with Crippen LogP contribution in [0, 0.1) is 0 Å². The molecule has 0 spiro atoms. The van der Waals surface area contributed by atoms with E-state index in [1.54, 1.807) is 0 Å². The highest BCUT2D eigenvalue weighted by Gasteiger charge is 2.35. The molecule has 0 aliphatic carbocycles. The zero-order valence-corrected chi connectivity index (χ0v) is 10.4. The van der Waals surface area contributed by atoms with Crippen molar-refractivity contribution in [2.45, 2.75) is 6.54 Å². The highest BCUT2D eigenvalue weighted by Crippen LogP contribution is 2.18. The van der Waals surface area contributed by atoms with Crippen molar-refractivity contribution in [3.63, 3.8) is 0 Å². The van der Waals surface area contributed by atoms with E-state index in [0.717, 1.165) is 5.56 Å². The van der Waals surface area contributed by atoms with Gasteiger partial charge >= 0.3 is 0 Å². The minimum Gasteiger partial charge on any atom is -0.329 e. The first-order valence-corrected chi connectivity index (χ1v) is 7.03. The molecule has 1 fully saturated rings. The van der Waals surface area contributed by atoms with Gasteiger partial charge in [0.1, 0.15) is 0 Å². The summed E-state index contributed by atoms with van der Waals surface area (Å²) >= 11 is 0. The van der Waals surface area contributed by atoms with Gasteiger partial charge in [0.05, 0.1) is 0 Å². The fourth-order valence-corrected chi connectivity index (χ4v) is 3.54. The molecule has 17 heavy (non-hydrogen) atoms. The van der Waals surface area contributed by atoms with E-state index in [0.29, 0.717) is 32.7 Å². The molecule has 1 heterocycles. The summed E-state index contributed by atoms with van der Waals surface area (Å²) < 4.78 is 27.1. The van der Waals surface area contributed by atoms with E-state index in [9.17, 15) is 8.42 Å². The fraction of sp³-hybridized carbons (Fsp3) is 0.455. The van der Waals surface area contributed by atoms with Crippen LogP contribution in [0.15, 0.2) is 30.3 Å².